The molecule has 0 spiro atoms. The van der Waals surface area contributed by atoms with Crippen molar-refractivity contribution in [2.24, 2.45) is 5.92 Å². The lowest BCUT2D eigenvalue weighted by molar-refractivity contribution is -0.135. The summed E-state index contributed by atoms with van der Waals surface area (Å²) in [6.45, 7) is 3.82. The van der Waals surface area contributed by atoms with Crippen LogP contribution in [0.2, 0.25) is 0 Å². The van der Waals surface area contributed by atoms with Gasteiger partial charge < -0.3 is 14.5 Å². The molecule has 2 aliphatic heterocycles. The van der Waals surface area contributed by atoms with Gasteiger partial charge in [0.1, 0.15) is 11.6 Å². The minimum absolute atomic E-state index is 0.0288. The standard InChI is InChI=1S/C24H28FN3O5S/c1-2-33-21-8-6-20(7-9-21)28-17-18(16-23(28)29)24(30)26-12-3-13-27(15-14-26)34(31,32)22-10-4-19(25)5-11-22/h4-11,18H,2-3,12-17H2,1H3. The molecule has 0 N–H and O–H groups in total. The van der Waals surface area contributed by atoms with E-state index < -0.39 is 21.8 Å². The van der Waals surface area contributed by atoms with Crippen molar-refractivity contribution < 1.29 is 27.1 Å². The first-order chi connectivity index (χ1) is 16.3. The fourth-order valence-corrected chi connectivity index (χ4v) is 5.85. The number of amides is 2. The van der Waals surface area contributed by atoms with E-state index in [1.165, 1.54) is 16.4 Å². The van der Waals surface area contributed by atoms with Crippen LogP contribution in [0.4, 0.5) is 10.1 Å². The van der Waals surface area contributed by atoms with Crippen LogP contribution in [-0.2, 0) is 19.6 Å². The Labute approximate surface area is 198 Å². The molecule has 0 saturated carbocycles. The highest BCUT2D eigenvalue weighted by Gasteiger charge is 2.38. The van der Waals surface area contributed by atoms with E-state index in [9.17, 15) is 22.4 Å². The average Bonchev–Trinajstić information content (AvgIpc) is 3.04. The fraction of sp³-hybridized carbons (Fsp3) is 0.417. The molecule has 0 aliphatic carbocycles. The molecule has 2 aliphatic rings. The maximum Gasteiger partial charge on any atom is 0.243 e. The van der Waals surface area contributed by atoms with Crippen molar-refractivity contribution in [2.45, 2.75) is 24.7 Å². The van der Waals surface area contributed by atoms with Crippen molar-refractivity contribution in [1.29, 1.82) is 0 Å². The third kappa shape index (κ3) is 5.07. The molecule has 2 heterocycles. The van der Waals surface area contributed by atoms with E-state index in [0.29, 0.717) is 26.1 Å². The van der Waals surface area contributed by atoms with Crippen LogP contribution < -0.4 is 9.64 Å². The highest BCUT2D eigenvalue weighted by Crippen LogP contribution is 2.28. The second kappa shape index (κ2) is 10.1. The van der Waals surface area contributed by atoms with Crippen LogP contribution in [0.15, 0.2) is 53.4 Å². The van der Waals surface area contributed by atoms with Crippen molar-refractivity contribution in [1.82, 2.24) is 9.21 Å². The zero-order chi connectivity index (χ0) is 24.3. The van der Waals surface area contributed by atoms with E-state index in [-0.39, 0.29) is 42.8 Å². The summed E-state index contributed by atoms with van der Waals surface area (Å²) < 4.78 is 45.8. The lowest BCUT2D eigenvalue weighted by Crippen LogP contribution is -2.40. The molecule has 1 atom stereocenters. The van der Waals surface area contributed by atoms with Crippen molar-refractivity contribution in [3.05, 3.63) is 54.3 Å². The third-order valence-corrected chi connectivity index (χ3v) is 8.06. The second-order valence-electron chi connectivity index (χ2n) is 8.37. The minimum Gasteiger partial charge on any atom is -0.494 e. The Hall–Kier alpha value is -2.98. The second-order valence-corrected chi connectivity index (χ2v) is 10.3. The molecule has 34 heavy (non-hydrogen) atoms. The first-order valence-electron chi connectivity index (χ1n) is 11.4. The van der Waals surface area contributed by atoms with E-state index in [1.54, 1.807) is 34.1 Å². The van der Waals surface area contributed by atoms with Crippen LogP contribution in [0.1, 0.15) is 19.8 Å². The first-order valence-corrected chi connectivity index (χ1v) is 12.8. The highest BCUT2D eigenvalue weighted by atomic mass is 32.2. The Bertz CT molecular complexity index is 1140. The van der Waals surface area contributed by atoms with Crippen LogP contribution in [0.5, 0.6) is 5.75 Å². The van der Waals surface area contributed by atoms with E-state index in [4.69, 9.17) is 4.74 Å². The SMILES string of the molecule is CCOc1ccc(N2CC(C(=O)N3CCCN(S(=O)(=O)c4ccc(F)cc4)CC3)CC2=O)cc1. The molecule has 0 radical (unpaired) electrons. The number of halogens is 1. The zero-order valence-electron chi connectivity index (χ0n) is 19.0. The van der Waals surface area contributed by atoms with Gasteiger partial charge in [0.15, 0.2) is 0 Å². The van der Waals surface area contributed by atoms with E-state index >= 15 is 0 Å². The fourth-order valence-electron chi connectivity index (χ4n) is 4.38. The molecule has 2 fully saturated rings. The molecular weight excluding hydrogens is 461 g/mol. The number of nitrogens with zero attached hydrogens (tertiary/aromatic N) is 3. The molecule has 2 aromatic rings. The molecule has 8 nitrogen and oxygen atoms in total. The molecule has 0 aromatic heterocycles. The molecule has 10 heteroatoms. The summed E-state index contributed by atoms with van der Waals surface area (Å²) in [5, 5.41) is 0. The third-order valence-electron chi connectivity index (χ3n) is 6.15. The number of ether oxygens (including phenoxy) is 1. The number of hydrogen-bond acceptors (Lipinski definition) is 5. The van der Waals surface area contributed by atoms with E-state index in [2.05, 4.69) is 0 Å². The van der Waals surface area contributed by atoms with Crippen LogP contribution in [0.3, 0.4) is 0 Å². The van der Waals surface area contributed by atoms with Gasteiger partial charge in [0.05, 0.1) is 17.4 Å². The Morgan fingerprint density at radius 2 is 1.74 bits per heavy atom. The Balaban J connectivity index is 1.39. The normalized spacial score (nSPS) is 19.8. The van der Waals surface area contributed by atoms with Crippen molar-refractivity contribution in [2.75, 3.05) is 44.2 Å². The Morgan fingerprint density at radius 3 is 2.41 bits per heavy atom. The summed E-state index contributed by atoms with van der Waals surface area (Å²) in [5.74, 6) is -0.507. The zero-order valence-corrected chi connectivity index (χ0v) is 19.8. The number of benzene rings is 2. The van der Waals surface area contributed by atoms with Crippen molar-refractivity contribution >= 4 is 27.5 Å². The quantitative estimate of drug-likeness (QED) is 0.622. The maximum atomic E-state index is 13.2. The lowest BCUT2D eigenvalue weighted by atomic mass is 10.1. The lowest BCUT2D eigenvalue weighted by Gasteiger charge is -2.24. The Kier molecular flexibility index (Phi) is 7.18. The number of rotatable bonds is 6. The van der Waals surface area contributed by atoms with Gasteiger partial charge in [-0.3, -0.25) is 9.59 Å². The molecule has 2 aromatic carbocycles. The van der Waals surface area contributed by atoms with Gasteiger partial charge in [-0.2, -0.15) is 4.31 Å². The van der Waals surface area contributed by atoms with Crippen LogP contribution in [0.25, 0.3) is 0 Å². The topological polar surface area (TPSA) is 87.2 Å². The summed E-state index contributed by atoms with van der Waals surface area (Å²) in [7, 11) is -3.78. The molecule has 2 amide bonds. The minimum atomic E-state index is -3.78. The van der Waals surface area contributed by atoms with E-state index in [0.717, 1.165) is 23.6 Å². The van der Waals surface area contributed by atoms with Gasteiger partial charge in [0.2, 0.25) is 21.8 Å². The van der Waals surface area contributed by atoms with Gasteiger partial charge in [-0.1, -0.05) is 0 Å². The van der Waals surface area contributed by atoms with Gasteiger partial charge in [-0.15, -0.1) is 0 Å². The van der Waals surface area contributed by atoms with Gasteiger partial charge >= 0.3 is 0 Å². The summed E-state index contributed by atoms with van der Waals surface area (Å²) in [6.07, 6.45) is 0.607. The maximum absolute atomic E-state index is 13.2. The molecule has 182 valence electrons. The molecule has 4 rings (SSSR count). The molecule has 0 bridgehead atoms. The van der Waals surface area contributed by atoms with E-state index in [1.807, 2.05) is 6.92 Å². The molecular formula is C24H28FN3O5S. The van der Waals surface area contributed by atoms with Crippen LogP contribution >= 0.6 is 0 Å². The summed E-state index contributed by atoms with van der Waals surface area (Å²) in [4.78, 5) is 29.1. The number of carbonyl (C=O) groups is 2. The van der Waals surface area contributed by atoms with Crippen molar-refractivity contribution in [3.8, 4) is 5.75 Å². The number of anilines is 1. The number of sulfonamides is 1. The van der Waals surface area contributed by atoms with Crippen molar-refractivity contribution in [3.63, 3.8) is 0 Å². The van der Waals surface area contributed by atoms with Gasteiger partial charge in [-0.05, 0) is 61.9 Å². The summed E-state index contributed by atoms with van der Waals surface area (Å²) >= 11 is 0. The predicted molar refractivity (Wildman–Crippen MR) is 124 cm³/mol. The summed E-state index contributed by atoms with van der Waals surface area (Å²) in [5.41, 5.74) is 0.719. The highest BCUT2D eigenvalue weighted by molar-refractivity contribution is 7.89. The van der Waals surface area contributed by atoms with Gasteiger partial charge in [0.25, 0.3) is 0 Å². The number of carbonyl (C=O) groups excluding carboxylic acids is 2. The average molecular weight is 490 g/mol. The smallest absolute Gasteiger partial charge is 0.243 e. The van der Waals surface area contributed by atoms with Crippen LogP contribution in [-0.4, -0.2) is 68.8 Å². The Morgan fingerprint density at radius 1 is 1.03 bits per heavy atom. The summed E-state index contributed by atoms with van der Waals surface area (Å²) in [6, 6.07) is 11.9. The molecule has 2 saturated heterocycles. The predicted octanol–water partition coefficient (Wildman–Crippen LogP) is 2.50. The first kappa shape index (κ1) is 24.2. The monoisotopic (exact) mass is 489 g/mol. The largest absolute Gasteiger partial charge is 0.494 e. The van der Waals surface area contributed by atoms with Gasteiger partial charge in [-0.25, -0.2) is 12.8 Å². The molecule has 1 unspecified atom stereocenters. The number of hydrogen-bond donors (Lipinski definition) is 0. The van der Waals surface area contributed by atoms with Gasteiger partial charge in [0, 0.05) is 44.8 Å². The van der Waals surface area contributed by atoms with Crippen LogP contribution in [0, 0.1) is 11.7 Å².